The molecule has 0 spiro atoms. The lowest BCUT2D eigenvalue weighted by Crippen LogP contribution is -3.14. The van der Waals surface area contributed by atoms with Gasteiger partial charge in [0.1, 0.15) is 25.7 Å². The molecule has 0 bridgehead atoms. The standard InChI is InChI=1S/C24H29N3O3/c28-23(17-19-8-10-21(11-9-19)27-12-4-7-24(27)29)25-22(20-5-2-1-3-6-20)18-26-13-15-30-16-14-26/h1-3,5-6,8-11,22H,4,7,12-18H2,(H,25,28)/p+1/t22-/m1/s1. The van der Waals surface area contributed by atoms with Gasteiger partial charge in [0.25, 0.3) is 0 Å². The molecule has 158 valence electrons. The molecule has 2 aliphatic heterocycles. The maximum absolute atomic E-state index is 12.8. The zero-order valence-corrected chi connectivity index (χ0v) is 17.3. The predicted octanol–water partition coefficient (Wildman–Crippen LogP) is 1.13. The minimum Gasteiger partial charge on any atom is -0.370 e. The second-order valence-electron chi connectivity index (χ2n) is 8.09. The number of amides is 2. The summed E-state index contributed by atoms with van der Waals surface area (Å²) in [4.78, 5) is 28.0. The lowest BCUT2D eigenvalue weighted by Gasteiger charge is -2.28. The fourth-order valence-electron chi connectivity index (χ4n) is 4.24. The average Bonchev–Trinajstić information content (AvgIpc) is 3.21. The minimum atomic E-state index is -0.0201. The molecule has 2 aliphatic rings. The summed E-state index contributed by atoms with van der Waals surface area (Å²) in [5.41, 5.74) is 3.00. The maximum atomic E-state index is 12.8. The van der Waals surface area contributed by atoms with Gasteiger partial charge in [0.2, 0.25) is 11.8 Å². The van der Waals surface area contributed by atoms with Gasteiger partial charge in [0.15, 0.2) is 0 Å². The Hall–Kier alpha value is -2.70. The minimum absolute atomic E-state index is 0.0153. The molecule has 30 heavy (non-hydrogen) atoms. The topological polar surface area (TPSA) is 63.1 Å². The number of ether oxygens (including phenoxy) is 1. The van der Waals surface area contributed by atoms with Gasteiger partial charge < -0.3 is 19.9 Å². The molecule has 2 aromatic rings. The molecule has 2 N–H and O–H groups in total. The zero-order valence-electron chi connectivity index (χ0n) is 17.3. The molecule has 2 aromatic carbocycles. The molecule has 0 unspecified atom stereocenters. The fourth-order valence-corrected chi connectivity index (χ4v) is 4.24. The van der Waals surface area contributed by atoms with Crippen molar-refractivity contribution in [3.63, 3.8) is 0 Å². The summed E-state index contributed by atoms with van der Waals surface area (Å²) in [7, 11) is 0. The van der Waals surface area contributed by atoms with Crippen molar-refractivity contribution in [2.45, 2.75) is 25.3 Å². The quantitative estimate of drug-likeness (QED) is 0.722. The van der Waals surface area contributed by atoms with Gasteiger partial charge in [-0.1, -0.05) is 42.5 Å². The number of quaternary nitrogens is 1. The van der Waals surface area contributed by atoms with Crippen LogP contribution in [0.2, 0.25) is 0 Å². The SMILES string of the molecule is O=C(Cc1ccc(N2CCCC2=O)cc1)N[C@H](C[NH+]1CCOCC1)c1ccccc1. The number of rotatable bonds is 7. The highest BCUT2D eigenvalue weighted by molar-refractivity contribution is 5.95. The Morgan fingerprint density at radius 1 is 1.07 bits per heavy atom. The monoisotopic (exact) mass is 408 g/mol. The van der Waals surface area contributed by atoms with Gasteiger partial charge in [0, 0.05) is 18.7 Å². The van der Waals surface area contributed by atoms with Crippen molar-refractivity contribution in [1.29, 1.82) is 0 Å². The molecule has 2 fully saturated rings. The fraction of sp³-hybridized carbons (Fsp3) is 0.417. The van der Waals surface area contributed by atoms with E-state index in [0.717, 1.165) is 62.6 Å². The van der Waals surface area contributed by atoms with E-state index >= 15 is 0 Å². The smallest absolute Gasteiger partial charge is 0.227 e. The number of nitrogens with one attached hydrogen (secondary N) is 2. The molecule has 0 aliphatic carbocycles. The van der Waals surface area contributed by atoms with Crippen LogP contribution in [0.4, 0.5) is 5.69 Å². The van der Waals surface area contributed by atoms with Gasteiger partial charge >= 0.3 is 0 Å². The highest BCUT2D eigenvalue weighted by Gasteiger charge is 2.24. The molecular formula is C24H30N3O3+. The van der Waals surface area contributed by atoms with Crippen LogP contribution in [0.15, 0.2) is 54.6 Å². The highest BCUT2D eigenvalue weighted by Crippen LogP contribution is 2.22. The number of carbonyl (C=O) groups is 2. The zero-order chi connectivity index (χ0) is 20.8. The third-order valence-electron chi connectivity index (χ3n) is 5.92. The number of carbonyl (C=O) groups excluding carboxylic acids is 2. The van der Waals surface area contributed by atoms with Crippen LogP contribution in [-0.4, -0.2) is 51.2 Å². The average molecular weight is 409 g/mol. The molecule has 4 rings (SSSR count). The van der Waals surface area contributed by atoms with Crippen molar-refractivity contribution in [1.82, 2.24) is 5.32 Å². The first-order valence-electron chi connectivity index (χ1n) is 10.8. The Labute approximate surface area is 177 Å². The number of nitrogens with zero attached hydrogens (tertiary/aromatic N) is 1. The predicted molar refractivity (Wildman–Crippen MR) is 115 cm³/mol. The number of benzene rings is 2. The summed E-state index contributed by atoms with van der Waals surface area (Å²) >= 11 is 0. The number of anilines is 1. The first kappa shape index (κ1) is 20.6. The van der Waals surface area contributed by atoms with Crippen LogP contribution in [0.25, 0.3) is 0 Å². The van der Waals surface area contributed by atoms with Gasteiger partial charge in [-0.3, -0.25) is 9.59 Å². The molecule has 6 heteroatoms. The molecule has 0 aromatic heterocycles. The molecule has 2 saturated heterocycles. The van der Waals surface area contributed by atoms with Crippen molar-refractivity contribution in [2.24, 2.45) is 0 Å². The molecule has 0 radical (unpaired) electrons. The molecule has 2 amide bonds. The Bertz CT molecular complexity index is 848. The Morgan fingerprint density at radius 3 is 2.47 bits per heavy atom. The van der Waals surface area contributed by atoms with E-state index in [-0.39, 0.29) is 17.9 Å². The summed E-state index contributed by atoms with van der Waals surface area (Å²) in [6, 6.07) is 17.9. The van der Waals surface area contributed by atoms with Crippen LogP contribution >= 0.6 is 0 Å². The summed E-state index contributed by atoms with van der Waals surface area (Å²) < 4.78 is 5.47. The number of hydrogen-bond acceptors (Lipinski definition) is 3. The Morgan fingerprint density at radius 2 is 1.80 bits per heavy atom. The molecule has 2 heterocycles. The third kappa shape index (κ3) is 5.26. The lowest BCUT2D eigenvalue weighted by atomic mass is 10.0. The second kappa shape index (κ2) is 9.87. The molecule has 6 nitrogen and oxygen atoms in total. The van der Waals surface area contributed by atoms with Gasteiger partial charge in [-0.05, 0) is 29.7 Å². The van der Waals surface area contributed by atoms with E-state index < -0.39 is 0 Å². The van der Waals surface area contributed by atoms with E-state index in [2.05, 4.69) is 17.4 Å². The number of morpholine rings is 1. The molecule has 1 atom stereocenters. The van der Waals surface area contributed by atoms with Crippen molar-refractivity contribution >= 4 is 17.5 Å². The van der Waals surface area contributed by atoms with Crippen molar-refractivity contribution in [3.8, 4) is 0 Å². The first-order chi connectivity index (χ1) is 14.7. The first-order valence-corrected chi connectivity index (χ1v) is 10.8. The highest BCUT2D eigenvalue weighted by atomic mass is 16.5. The van der Waals surface area contributed by atoms with Crippen LogP contribution in [-0.2, 0) is 20.7 Å². The van der Waals surface area contributed by atoms with E-state index in [4.69, 9.17) is 4.74 Å². The van der Waals surface area contributed by atoms with E-state index in [0.29, 0.717) is 12.8 Å². The van der Waals surface area contributed by atoms with E-state index in [1.807, 2.05) is 47.4 Å². The normalized spacial score (nSPS) is 18.4. The van der Waals surface area contributed by atoms with E-state index in [1.54, 1.807) is 0 Å². The van der Waals surface area contributed by atoms with Crippen molar-refractivity contribution in [3.05, 3.63) is 65.7 Å². The molecular weight excluding hydrogens is 378 g/mol. The Kier molecular flexibility index (Phi) is 6.77. The third-order valence-corrected chi connectivity index (χ3v) is 5.92. The lowest BCUT2D eigenvalue weighted by molar-refractivity contribution is -0.909. The number of hydrogen-bond donors (Lipinski definition) is 2. The molecule has 0 saturated carbocycles. The Balaban J connectivity index is 1.38. The van der Waals surface area contributed by atoms with Gasteiger partial charge in [0.05, 0.1) is 19.6 Å². The van der Waals surface area contributed by atoms with Gasteiger partial charge in [-0.25, -0.2) is 0 Å². The summed E-state index contributed by atoms with van der Waals surface area (Å²) in [5.74, 6) is 0.193. The van der Waals surface area contributed by atoms with Crippen LogP contribution in [0.1, 0.15) is 30.0 Å². The van der Waals surface area contributed by atoms with Gasteiger partial charge in [-0.15, -0.1) is 0 Å². The van der Waals surface area contributed by atoms with Crippen LogP contribution in [0, 0.1) is 0 Å². The largest absolute Gasteiger partial charge is 0.370 e. The van der Waals surface area contributed by atoms with Crippen LogP contribution in [0.5, 0.6) is 0 Å². The van der Waals surface area contributed by atoms with Crippen molar-refractivity contribution in [2.75, 3.05) is 44.3 Å². The summed E-state index contributed by atoms with van der Waals surface area (Å²) in [6.07, 6.45) is 1.86. The van der Waals surface area contributed by atoms with Crippen LogP contribution < -0.4 is 15.1 Å². The van der Waals surface area contributed by atoms with E-state index in [9.17, 15) is 9.59 Å². The second-order valence-corrected chi connectivity index (χ2v) is 8.09. The van der Waals surface area contributed by atoms with Gasteiger partial charge in [-0.2, -0.15) is 0 Å². The maximum Gasteiger partial charge on any atom is 0.227 e. The summed E-state index contributed by atoms with van der Waals surface area (Å²) in [6.45, 7) is 5.12. The van der Waals surface area contributed by atoms with Crippen LogP contribution in [0.3, 0.4) is 0 Å². The summed E-state index contributed by atoms with van der Waals surface area (Å²) in [5, 5.41) is 3.24. The van der Waals surface area contributed by atoms with Crippen molar-refractivity contribution < 1.29 is 19.2 Å². The van der Waals surface area contributed by atoms with E-state index in [1.165, 1.54) is 4.90 Å².